The molecule has 1 aromatic rings. The van der Waals surface area contributed by atoms with Gasteiger partial charge in [0.2, 0.25) is 0 Å². The maximum absolute atomic E-state index is 10.6. The van der Waals surface area contributed by atoms with Crippen molar-refractivity contribution in [3.8, 4) is 5.75 Å². The first-order chi connectivity index (χ1) is 7.07. The standard InChI is InChI=1S/C10H13NO4/c1-3-15-6-8-7(2)9(11(13)14)4-5-10(8)12/h4-5,12H,3,6H2,1-2H3. The predicted molar refractivity (Wildman–Crippen MR) is 54.8 cm³/mol. The largest absolute Gasteiger partial charge is 0.508 e. The zero-order valence-corrected chi connectivity index (χ0v) is 8.69. The molecular weight excluding hydrogens is 198 g/mol. The molecule has 0 amide bonds. The van der Waals surface area contributed by atoms with Crippen molar-refractivity contribution in [2.45, 2.75) is 20.5 Å². The molecule has 0 unspecified atom stereocenters. The SMILES string of the molecule is CCOCc1c(O)ccc([N+](=O)[O-])c1C. The number of rotatable bonds is 4. The van der Waals surface area contributed by atoms with E-state index in [-0.39, 0.29) is 18.0 Å². The maximum atomic E-state index is 10.6. The van der Waals surface area contributed by atoms with Crippen molar-refractivity contribution >= 4 is 5.69 Å². The molecule has 0 aliphatic rings. The summed E-state index contributed by atoms with van der Waals surface area (Å²) in [6.45, 7) is 4.12. The molecule has 5 nitrogen and oxygen atoms in total. The number of hydrogen-bond acceptors (Lipinski definition) is 4. The van der Waals surface area contributed by atoms with Gasteiger partial charge in [-0.1, -0.05) is 0 Å². The summed E-state index contributed by atoms with van der Waals surface area (Å²) in [6.07, 6.45) is 0. The average molecular weight is 211 g/mol. The van der Waals surface area contributed by atoms with Crippen molar-refractivity contribution < 1.29 is 14.8 Å². The van der Waals surface area contributed by atoms with Gasteiger partial charge in [0, 0.05) is 23.8 Å². The third-order valence-corrected chi connectivity index (χ3v) is 2.19. The molecule has 15 heavy (non-hydrogen) atoms. The van der Waals surface area contributed by atoms with Crippen LogP contribution < -0.4 is 0 Å². The third-order valence-electron chi connectivity index (χ3n) is 2.19. The fourth-order valence-corrected chi connectivity index (χ4v) is 1.31. The van der Waals surface area contributed by atoms with Crippen molar-refractivity contribution in [3.63, 3.8) is 0 Å². The minimum Gasteiger partial charge on any atom is -0.508 e. The lowest BCUT2D eigenvalue weighted by Gasteiger charge is -2.08. The Bertz CT molecular complexity index is 376. The summed E-state index contributed by atoms with van der Waals surface area (Å²) in [5.74, 6) is 0.0338. The maximum Gasteiger partial charge on any atom is 0.272 e. The lowest BCUT2D eigenvalue weighted by Crippen LogP contribution is -1.99. The Morgan fingerprint density at radius 2 is 2.20 bits per heavy atom. The summed E-state index contributed by atoms with van der Waals surface area (Å²) in [5, 5.41) is 20.2. The Labute approximate surface area is 87.5 Å². The monoisotopic (exact) mass is 211 g/mol. The minimum absolute atomic E-state index is 0.00232. The van der Waals surface area contributed by atoms with Crippen LogP contribution >= 0.6 is 0 Å². The van der Waals surface area contributed by atoms with Crippen molar-refractivity contribution in [3.05, 3.63) is 33.4 Å². The second-order valence-electron chi connectivity index (χ2n) is 3.10. The first-order valence-electron chi connectivity index (χ1n) is 4.61. The van der Waals surface area contributed by atoms with Crippen molar-refractivity contribution in [1.29, 1.82) is 0 Å². The highest BCUT2D eigenvalue weighted by Crippen LogP contribution is 2.29. The molecule has 0 bridgehead atoms. The lowest BCUT2D eigenvalue weighted by molar-refractivity contribution is -0.385. The molecule has 1 aromatic carbocycles. The first kappa shape index (κ1) is 11.5. The van der Waals surface area contributed by atoms with E-state index in [1.807, 2.05) is 6.92 Å². The van der Waals surface area contributed by atoms with Gasteiger partial charge in [-0.15, -0.1) is 0 Å². The van der Waals surface area contributed by atoms with Gasteiger partial charge in [-0.25, -0.2) is 0 Å². The van der Waals surface area contributed by atoms with E-state index in [4.69, 9.17) is 4.74 Å². The zero-order chi connectivity index (χ0) is 11.4. The van der Waals surface area contributed by atoms with E-state index in [1.54, 1.807) is 6.92 Å². The molecule has 82 valence electrons. The molecule has 0 fully saturated rings. The van der Waals surface area contributed by atoms with Crippen molar-refractivity contribution in [2.24, 2.45) is 0 Å². The molecule has 0 spiro atoms. The van der Waals surface area contributed by atoms with Crippen LogP contribution in [0.5, 0.6) is 5.75 Å². The van der Waals surface area contributed by atoms with Crippen LogP contribution in [0.4, 0.5) is 5.69 Å². The minimum atomic E-state index is -0.468. The molecule has 0 saturated heterocycles. The van der Waals surface area contributed by atoms with Crippen LogP contribution in [0.1, 0.15) is 18.1 Å². The third kappa shape index (κ3) is 2.44. The number of phenols is 1. The zero-order valence-electron chi connectivity index (χ0n) is 8.69. The summed E-state index contributed by atoms with van der Waals surface area (Å²) in [4.78, 5) is 10.2. The first-order valence-corrected chi connectivity index (χ1v) is 4.61. The molecule has 0 aliphatic carbocycles. The van der Waals surface area contributed by atoms with E-state index < -0.39 is 4.92 Å². The van der Waals surface area contributed by atoms with E-state index in [0.717, 1.165) is 0 Å². The summed E-state index contributed by atoms with van der Waals surface area (Å²) >= 11 is 0. The van der Waals surface area contributed by atoms with Gasteiger partial charge in [0.05, 0.1) is 11.5 Å². The average Bonchev–Trinajstić information content (AvgIpc) is 2.17. The van der Waals surface area contributed by atoms with Crippen LogP contribution in [0.15, 0.2) is 12.1 Å². The van der Waals surface area contributed by atoms with Gasteiger partial charge in [0.15, 0.2) is 0 Å². The summed E-state index contributed by atoms with van der Waals surface area (Å²) in [7, 11) is 0. The van der Waals surface area contributed by atoms with Crippen LogP contribution in [0, 0.1) is 17.0 Å². The molecule has 5 heteroatoms. The molecule has 0 radical (unpaired) electrons. The molecule has 0 saturated carbocycles. The highest BCUT2D eigenvalue weighted by molar-refractivity contribution is 5.50. The molecule has 1 rings (SSSR count). The Hall–Kier alpha value is -1.62. The number of phenolic OH excluding ortho intramolecular Hbond substituents is 1. The molecule has 0 heterocycles. The highest BCUT2D eigenvalue weighted by Gasteiger charge is 2.16. The molecular formula is C10H13NO4. The molecule has 0 aliphatic heterocycles. The number of nitro benzene ring substituents is 1. The smallest absolute Gasteiger partial charge is 0.272 e. The normalized spacial score (nSPS) is 10.3. The second-order valence-corrected chi connectivity index (χ2v) is 3.10. The Morgan fingerprint density at radius 1 is 1.53 bits per heavy atom. The molecule has 0 atom stereocenters. The number of aromatic hydroxyl groups is 1. The van der Waals surface area contributed by atoms with E-state index >= 15 is 0 Å². The van der Waals surface area contributed by atoms with Gasteiger partial charge in [-0.2, -0.15) is 0 Å². The van der Waals surface area contributed by atoms with Crippen molar-refractivity contribution in [1.82, 2.24) is 0 Å². The number of ether oxygens (including phenoxy) is 1. The summed E-state index contributed by atoms with van der Waals surface area (Å²) < 4.78 is 5.13. The Morgan fingerprint density at radius 3 is 2.73 bits per heavy atom. The van der Waals surface area contributed by atoms with Crippen LogP contribution in [0.2, 0.25) is 0 Å². The van der Waals surface area contributed by atoms with E-state index in [2.05, 4.69) is 0 Å². The highest BCUT2D eigenvalue weighted by atomic mass is 16.6. The van der Waals surface area contributed by atoms with Gasteiger partial charge < -0.3 is 9.84 Å². The summed E-state index contributed by atoms with van der Waals surface area (Å²) in [5.41, 5.74) is 0.932. The second kappa shape index (κ2) is 4.75. The van der Waals surface area contributed by atoms with E-state index in [0.29, 0.717) is 17.7 Å². The number of nitro groups is 1. The molecule has 0 aromatic heterocycles. The number of nitrogens with zero attached hydrogens (tertiary/aromatic N) is 1. The van der Waals surface area contributed by atoms with Crippen LogP contribution in [-0.4, -0.2) is 16.6 Å². The van der Waals surface area contributed by atoms with Gasteiger partial charge in [0.1, 0.15) is 5.75 Å². The Kier molecular flexibility index (Phi) is 3.62. The van der Waals surface area contributed by atoms with Gasteiger partial charge >= 0.3 is 0 Å². The van der Waals surface area contributed by atoms with Gasteiger partial charge in [-0.05, 0) is 19.9 Å². The van der Waals surface area contributed by atoms with Crippen molar-refractivity contribution in [2.75, 3.05) is 6.61 Å². The van der Waals surface area contributed by atoms with Crippen LogP contribution in [0.3, 0.4) is 0 Å². The van der Waals surface area contributed by atoms with Gasteiger partial charge in [-0.3, -0.25) is 10.1 Å². The van der Waals surface area contributed by atoms with Gasteiger partial charge in [0.25, 0.3) is 5.69 Å². The predicted octanol–water partition coefficient (Wildman–Crippen LogP) is 2.15. The summed E-state index contributed by atoms with van der Waals surface area (Å²) in [6, 6.07) is 2.61. The Balaban J connectivity index is 3.12. The fraction of sp³-hybridized carbons (Fsp3) is 0.400. The van der Waals surface area contributed by atoms with Crippen LogP contribution in [-0.2, 0) is 11.3 Å². The topological polar surface area (TPSA) is 72.6 Å². The van der Waals surface area contributed by atoms with E-state index in [1.165, 1.54) is 12.1 Å². The fourth-order valence-electron chi connectivity index (χ4n) is 1.31. The van der Waals surface area contributed by atoms with Crippen LogP contribution in [0.25, 0.3) is 0 Å². The number of benzene rings is 1. The quantitative estimate of drug-likeness (QED) is 0.611. The van der Waals surface area contributed by atoms with E-state index in [9.17, 15) is 15.2 Å². The lowest BCUT2D eigenvalue weighted by atomic mass is 10.1. The number of hydrogen-bond donors (Lipinski definition) is 1. The molecule has 1 N–H and O–H groups in total.